The maximum absolute atomic E-state index is 12.2. The molecule has 0 aliphatic carbocycles. The van der Waals surface area contributed by atoms with Gasteiger partial charge in [-0.1, -0.05) is 6.07 Å². The molecule has 1 aliphatic rings. The van der Waals surface area contributed by atoms with Gasteiger partial charge in [0.1, 0.15) is 0 Å². The zero-order chi connectivity index (χ0) is 13.1. The lowest BCUT2D eigenvalue weighted by atomic mass is 10.1. The highest BCUT2D eigenvalue weighted by Crippen LogP contribution is 2.14. The van der Waals surface area contributed by atoms with Crippen molar-refractivity contribution in [2.24, 2.45) is 0 Å². The molecule has 2 rings (SSSR count). The Kier molecular flexibility index (Phi) is 4.27. The number of piperazine rings is 1. The molecule has 1 saturated heterocycles. The Hall–Kier alpha value is -1.04. The number of benzene rings is 1. The molecule has 1 aliphatic heterocycles. The molecule has 1 aromatic carbocycles. The van der Waals surface area contributed by atoms with Gasteiger partial charge in [0.05, 0.1) is 0 Å². The molecule has 1 amide bonds. The van der Waals surface area contributed by atoms with Crippen LogP contribution in [-0.4, -0.2) is 49.0 Å². The minimum absolute atomic E-state index is 0.0482. The summed E-state index contributed by atoms with van der Waals surface area (Å²) in [6.07, 6.45) is 0. The Balaban J connectivity index is 2.01. The molecule has 4 nitrogen and oxygen atoms in total. The van der Waals surface area contributed by atoms with Crippen LogP contribution in [0.3, 0.4) is 0 Å². The third-order valence-electron chi connectivity index (χ3n) is 3.23. The van der Waals surface area contributed by atoms with E-state index in [1.165, 1.54) is 0 Å². The van der Waals surface area contributed by atoms with E-state index in [0.717, 1.165) is 36.6 Å². The molecular formula is C13H19N3OS. The lowest BCUT2D eigenvalue weighted by Crippen LogP contribution is -2.52. The summed E-state index contributed by atoms with van der Waals surface area (Å²) >= 11 is 4.27. The van der Waals surface area contributed by atoms with Crippen molar-refractivity contribution in [2.75, 3.05) is 33.2 Å². The maximum Gasteiger partial charge on any atom is 0.265 e. The summed E-state index contributed by atoms with van der Waals surface area (Å²) in [6.45, 7) is 5.62. The van der Waals surface area contributed by atoms with Crippen molar-refractivity contribution >= 4 is 18.5 Å². The van der Waals surface area contributed by atoms with Crippen LogP contribution in [0.15, 0.2) is 23.1 Å². The highest BCUT2D eigenvalue weighted by Gasteiger charge is 2.17. The van der Waals surface area contributed by atoms with E-state index in [1.807, 2.05) is 30.1 Å². The summed E-state index contributed by atoms with van der Waals surface area (Å²) in [5.74, 6) is -0.0482. The van der Waals surface area contributed by atoms with Crippen LogP contribution < -0.4 is 5.43 Å². The van der Waals surface area contributed by atoms with Gasteiger partial charge < -0.3 is 4.90 Å². The van der Waals surface area contributed by atoms with Crippen LogP contribution in [0.5, 0.6) is 0 Å². The van der Waals surface area contributed by atoms with Gasteiger partial charge in [-0.25, -0.2) is 5.01 Å². The van der Waals surface area contributed by atoms with E-state index in [0.29, 0.717) is 5.56 Å². The molecule has 98 valence electrons. The monoisotopic (exact) mass is 265 g/mol. The Labute approximate surface area is 113 Å². The first-order valence-corrected chi connectivity index (χ1v) is 6.55. The van der Waals surface area contributed by atoms with E-state index in [9.17, 15) is 4.79 Å². The summed E-state index contributed by atoms with van der Waals surface area (Å²) in [4.78, 5) is 15.2. The number of aryl methyl sites for hydroxylation is 1. The van der Waals surface area contributed by atoms with E-state index < -0.39 is 0 Å². The first-order chi connectivity index (χ1) is 8.56. The van der Waals surface area contributed by atoms with Crippen molar-refractivity contribution in [1.82, 2.24) is 15.3 Å². The predicted octanol–water partition coefficient (Wildman–Crippen LogP) is 1.18. The summed E-state index contributed by atoms with van der Waals surface area (Å²) in [6, 6.07) is 5.62. The molecule has 0 saturated carbocycles. The molecule has 1 N–H and O–H groups in total. The molecule has 1 heterocycles. The number of hydrogen-bond acceptors (Lipinski definition) is 4. The van der Waals surface area contributed by atoms with E-state index >= 15 is 0 Å². The Bertz CT molecular complexity index is 442. The molecule has 0 unspecified atom stereocenters. The average molecular weight is 265 g/mol. The van der Waals surface area contributed by atoms with Crippen LogP contribution in [0.1, 0.15) is 15.9 Å². The van der Waals surface area contributed by atoms with Gasteiger partial charge in [0.2, 0.25) is 0 Å². The highest BCUT2D eigenvalue weighted by atomic mass is 32.1. The van der Waals surface area contributed by atoms with Crippen LogP contribution in [0.4, 0.5) is 0 Å². The van der Waals surface area contributed by atoms with Gasteiger partial charge in [-0.3, -0.25) is 10.2 Å². The first-order valence-electron chi connectivity index (χ1n) is 6.10. The van der Waals surface area contributed by atoms with Crippen molar-refractivity contribution in [3.63, 3.8) is 0 Å². The number of amides is 1. The molecule has 0 spiro atoms. The normalized spacial score (nSPS) is 17.7. The van der Waals surface area contributed by atoms with Crippen LogP contribution in [0.25, 0.3) is 0 Å². The number of hydrazine groups is 1. The van der Waals surface area contributed by atoms with Gasteiger partial charge in [0, 0.05) is 36.6 Å². The smallest absolute Gasteiger partial charge is 0.265 e. The van der Waals surface area contributed by atoms with Gasteiger partial charge >= 0.3 is 0 Å². The number of thiol groups is 1. The molecule has 5 heteroatoms. The van der Waals surface area contributed by atoms with Gasteiger partial charge in [0.15, 0.2) is 0 Å². The summed E-state index contributed by atoms with van der Waals surface area (Å²) < 4.78 is 0. The summed E-state index contributed by atoms with van der Waals surface area (Å²) in [7, 11) is 2.09. The second-order valence-electron chi connectivity index (χ2n) is 4.73. The quantitative estimate of drug-likeness (QED) is 0.788. The third kappa shape index (κ3) is 3.25. The molecule has 0 aromatic heterocycles. The van der Waals surface area contributed by atoms with Gasteiger partial charge in [0.25, 0.3) is 5.91 Å². The number of carbonyl (C=O) groups is 1. The second-order valence-corrected chi connectivity index (χ2v) is 5.25. The van der Waals surface area contributed by atoms with Crippen molar-refractivity contribution in [2.45, 2.75) is 11.8 Å². The topological polar surface area (TPSA) is 35.6 Å². The molecular weight excluding hydrogens is 246 g/mol. The third-order valence-corrected chi connectivity index (χ3v) is 3.51. The van der Waals surface area contributed by atoms with Crippen LogP contribution in [-0.2, 0) is 0 Å². The fraction of sp³-hybridized carbons (Fsp3) is 0.462. The fourth-order valence-electron chi connectivity index (χ4n) is 1.98. The van der Waals surface area contributed by atoms with E-state index in [4.69, 9.17) is 0 Å². The number of nitrogens with one attached hydrogen (secondary N) is 1. The van der Waals surface area contributed by atoms with Crippen molar-refractivity contribution in [3.8, 4) is 0 Å². The van der Waals surface area contributed by atoms with E-state index in [1.54, 1.807) is 0 Å². The largest absolute Gasteiger partial charge is 0.304 e. The van der Waals surface area contributed by atoms with Gasteiger partial charge in [-0.05, 0) is 31.7 Å². The van der Waals surface area contributed by atoms with E-state index in [2.05, 4.69) is 30.0 Å². The number of nitrogens with zero attached hydrogens (tertiary/aromatic N) is 2. The molecule has 1 aromatic rings. The maximum atomic E-state index is 12.2. The number of hydrogen-bond donors (Lipinski definition) is 2. The van der Waals surface area contributed by atoms with Crippen molar-refractivity contribution in [3.05, 3.63) is 29.3 Å². The fourth-order valence-corrected chi connectivity index (χ4v) is 2.18. The summed E-state index contributed by atoms with van der Waals surface area (Å²) in [5, 5.41) is 1.98. The standard InChI is InChI=1S/C13H19N3OS/c1-10-3-4-11(18)9-12(10)13(17)14-16-7-5-15(2)6-8-16/h3-4,9,18H,5-8H2,1-2H3,(H,14,17). The van der Waals surface area contributed by atoms with Crippen LogP contribution in [0.2, 0.25) is 0 Å². The zero-order valence-corrected chi connectivity index (χ0v) is 11.7. The number of likely N-dealkylation sites (N-methyl/N-ethyl adjacent to an activating group) is 1. The molecule has 0 atom stereocenters. The zero-order valence-electron chi connectivity index (χ0n) is 10.8. The lowest BCUT2D eigenvalue weighted by molar-refractivity contribution is 0.0661. The minimum Gasteiger partial charge on any atom is -0.304 e. The predicted molar refractivity (Wildman–Crippen MR) is 75.0 cm³/mol. The van der Waals surface area contributed by atoms with Crippen LogP contribution in [0, 0.1) is 6.92 Å². The molecule has 0 bridgehead atoms. The van der Waals surface area contributed by atoms with E-state index in [-0.39, 0.29) is 5.91 Å². The van der Waals surface area contributed by atoms with Gasteiger partial charge in [-0.15, -0.1) is 12.6 Å². The number of carbonyl (C=O) groups excluding carboxylic acids is 1. The molecule has 1 fully saturated rings. The summed E-state index contributed by atoms with van der Waals surface area (Å²) in [5.41, 5.74) is 4.62. The molecule has 0 radical (unpaired) electrons. The average Bonchev–Trinajstić information content (AvgIpc) is 2.35. The molecule has 18 heavy (non-hydrogen) atoms. The van der Waals surface area contributed by atoms with Crippen molar-refractivity contribution in [1.29, 1.82) is 0 Å². The second kappa shape index (κ2) is 5.73. The Morgan fingerprint density at radius 3 is 2.61 bits per heavy atom. The Morgan fingerprint density at radius 1 is 1.28 bits per heavy atom. The number of rotatable bonds is 2. The van der Waals surface area contributed by atoms with Gasteiger partial charge in [-0.2, -0.15) is 0 Å². The van der Waals surface area contributed by atoms with Crippen LogP contribution >= 0.6 is 12.6 Å². The minimum atomic E-state index is -0.0482. The lowest BCUT2D eigenvalue weighted by Gasteiger charge is -2.32. The van der Waals surface area contributed by atoms with Crippen molar-refractivity contribution < 1.29 is 4.79 Å². The highest BCUT2D eigenvalue weighted by molar-refractivity contribution is 7.80. The SMILES string of the molecule is Cc1ccc(S)cc1C(=O)NN1CCN(C)CC1. The first kappa shape index (κ1) is 13.4. The Morgan fingerprint density at radius 2 is 1.94 bits per heavy atom.